The summed E-state index contributed by atoms with van der Waals surface area (Å²) >= 11 is 0. The normalized spacial score (nSPS) is 20.2. The summed E-state index contributed by atoms with van der Waals surface area (Å²) in [5.41, 5.74) is 1.28. The van der Waals surface area contributed by atoms with Crippen LogP contribution in [0, 0.1) is 0 Å². The van der Waals surface area contributed by atoms with Crippen molar-refractivity contribution in [2.45, 2.75) is 18.8 Å². The highest BCUT2D eigenvalue weighted by molar-refractivity contribution is 5.86. The second-order valence-corrected chi connectivity index (χ2v) is 4.48. The number of fused-ring (bicyclic) bond motifs is 1. The van der Waals surface area contributed by atoms with E-state index in [9.17, 15) is 4.79 Å². The van der Waals surface area contributed by atoms with Crippen molar-refractivity contribution in [2.24, 2.45) is 0 Å². The van der Waals surface area contributed by atoms with Gasteiger partial charge in [0.25, 0.3) is 0 Å². The Kier molecular flexibility index (Phi) is 2.56. The van der Waals surface area contributed by atoms with Crippen LogP contribution in [0.1, 0.15) is 24.3 Å². The number of carbonyl (C=O) groups excluding carboxylic acids is 1. The molecule has 3 rings (SSSR count). The van der Waals surface area contributed by atoms with E-state index in [1.54, 1.807) is 0 Å². The molecular weight excluding hydrogens is 212 g/mol. The highest BCUT2D eigenvalue weighted by atomic mass is 16.5. The zero-order valence-corrected chi connectivity index (χ0v) is 9.56. The second-order valence-electron chi connectivity index (χ2n) is 4.48. The molecule has 2 aromatic rings. The van der Waals surface area contributed by atoms with E-state index in [0.29, 0.717) is 18.9 Å². The molecule has 0 N–H and O–H groups in total. The average Bonchev–Trinajstić information content (AvgIpc) is 2.38. The third-order valence-electron chi connectivity index (χ3n) is 3.41. The summed E-state index contributed by atoms with van der Waals surface area (Å²) in [7, 11) is 0. The molecule has 1 saturated heterocycles. The fraction of sp³-hybridized carbons (Fsp3) is 0.267. The van der Waals surface area contributed by atoms with Crippen LogP contribution >= 0.6 is 0 Å². The Balaban J connectivity index is 2.07. The molecule has 0 bridgehead atoms. The SMILES string of the molecule is O=C1CC(c2cccc3ccccc23)CCO1. The van der Waals surface area contributed by atoms with E-state index in [1.165, 1.54) is 16.3 Å². The van der Waals surface area contributed by atoms with Gasteiger partial charge in [-0.05, 0) is 28.7 Å². The lowest BCUT2D eigenvalue weighted by Gasteiger charge is -2.22. The molecule has 0 radical (unpaired) electrons. The molecule has 1 aliphatic rings. The summed E-state index contributed by atoms with van der Waals surface area (Å²) < 4.78 is 5.00. The molecule has 1 heterocycles. The van der Waals surface area contributed by atoms with Gasteiger partial charge in [0.1, 0.15) is 0 Å². The molecule has 2 heteroatoms. The van der Waals surface area contributed by atoms with E-state index in [0.717, 1.165) is 6.42 Å². The summed E-state index contributed by atoms with van der Waals surface area (Å²) in [5.74, 6) is 0.233. The van der Waals surface area contributed by atoms with Crippen LogP contribution in [0.2, 0.25) is 0 Å². The standard InChI is InChI=1S/C15H14O2/c16-15-10-12(8-9-17-15)14-7-3-5-11-4-1-2-6-13(11)14/h1-7,12H,8-10H2. The molecule has 0 amide bonds. The summed E-state index contributed by atoms with van der Waals surface area (Å²) in [6, 6.07) is 14.6. The summed E-state index contributed by atoms with van der Waals surface area (Å²) in [4.78, 5) is 11.4. The minimum absolute atomic E-state index is 0.0748. The fourth-order valence-corrected chi connectivity index (χ4v) is 2.55. The molecule has 2 aromatic carbocycles. The first-order valence-corrected chi connectivity index (χ1v) is 5.98. The molecule has 1 aliphatic heterocycles. The van der Waals surface area contributed by atoms with Gasteiger partial charge in [0.2, 0.25) is 0 Å². The summed E-state index contributed by atoms with van der Waals surface area (Å²) in [5, 5.41) is 2.50. The van der Waals surface area contributed by atoms with E-state index in [4.69, 9.17) is 4.74 Å². The van der Waals surface area contributed by atoms with Gasteiger partial charge in [-0.3, -0.25) is 4.79 Å². The fourth-order valence-electron chi connectivity index (χ4n) is 2.55. The molecule has 86 valence electrons. The van der Waals surface area contributed by atoms with Crippen molar-refractivity contribution in [3.63, 3.8) is 0 Å². The molecule has 0 saturated carbocycles. The highest BCUT2D eigenvalue weighted by Gasteiger charge is 2.23. The van der Waals surface area contributed by atoms with Crippen LogP contribution in [0.3, 0.4) is 0 Å². The second kappa shape index (κ2) is 4.21. The first-order valence-electron chi connectivity index (χ1n) is 5.98. The van der Waals surface area contributed by atoms with Gasteiger partial charge in [-0.25, -0.2) is 0 Å². The zero-order chi connectivity index (χ0) is 11.7. The van der Waals surface area contributed by atoms with Crippen molar-refractivity contribution in [1.29, 1.82) is 0 Å². The largest absolute Gasteiger partial charge is 0.466 e. The minimum atomic E-state index is -0.0748. The Morgan fingerprint density at radius 2 is 1.88 bits per heavy atom. The van der Waals surface area contributed by atoms with Crippen molar-refractivity contribution in [1.82, 2.24) is 0 Å². The Morgan fingerprint density at radius 1 is 1.06 bits per heavy atom. The lowest BCUT2D eigenvalue weighted by Crippen LogP contribution is -2.19. The first kappa shape index (κ1) is 10.3. The van der Waals surface area contributed by atoms with Crippen LogP contribution in [0.15, 0.2) is 42.5 Å². The van der Waals surface area contributed by atoms with Gasteiger partial charge >= 0.3 is 5.97 Å². The van der Waals surface area contributed by atoms with Gasteiger partial charge in [0.05, 0.1) is 13.0 Å². The Hall–Kier alpha value is -1.83. The molecule has 1 fully saturated rings. The number of ether oxygens (including phenoxy) is 1. The number of esters is 1. The lowest BCUT2D eigenvalue weighted by atomic mass is 9.88. The third-order valence-corrected chi connectivity index (χ3v) is 3.41. The Bertz CT molecular complexity index is 554. The number of cyclic esters (lactones) is 1. The van der Waals surface area contributed by atoms with Gasteiger partial charge in [-0.2, -0.15) is 0 Å². The van der Waals surface area contributed by atoms with Gasteiger partial charge in [-0.15, -0.1) is 0 Å². The monoisotopic (exact) mass is 226 g/mol. The average molecular weight is 226 g/mol. The zero-order valence-electron chi connectivity index (χ0n) is 9.56. The number of benzene rings is 2. The van der Waals surface area contributed by atoms with E-state index < -0.39 is 0 Å². The van der Waals surface area contributed by atoms with Crippen molar-refractivity contribution < 1.29 is 9.53 Å². The maximum atomic E-state index is 11.4. The molecule has 0 spiro atoms. The lowest BCUT2D eigenvalue weighted by molar-refractivity contribution is -0.147. The first-order chi connectivity index (χ1) is 8.34. The number of carbonyl (C=O) groups is 1. The molecule has 1 unspecified atom stereocenters. The Morgan fingerprint density at radius 3 is 2.76 bits per heavy atom. The van der Waals surface area contributed by atoms with Gasteiger partial charge < -0.3 is 4.74 Å². The van der Waals surface area contributed by atoms with Gasteiger partial charge in [0.15, 0.2) is 0 Å². The molecule has 1 atom stereocenters. The number of hydrogen-bond acceptors (Lipinski definition) is 2. The van der Waals surface area contributed by atoms with E-state index in [1.807, 2.05) is 12.1 Å². The molecule has 17 heavy (non-hydrogen) atoms. The number of rotatable bonds is 1. The molecule has 2 nitrogen and oxygen atoms in total. The van der Waals surface area contributed by atoms with Crippen molar-refractivity contribution >= 4 is 16.7 Å². The van der Waals surface area contributed by atoms with Crippen LogP contribution in [0.25, 0.3) is 10.8 Å². The molecular formula is C15H14O2. The van der Waals surface area contributed by atoms with Crippen LogP contribution in [-0.4, -0.2) is 12.6 Å². The predicted molar refractivity (Wildman–Crippen MR) is 66.9 cm³/mol. The van der Waals surface area contributed by atoms with Crippen LogP contribution in [0.5, 0.6) is 0 Å². The third kappa shape index (κ3) is 1.91. The summed E-state index contributed by atoms with van der Waals surface area (Å²) in [6.07, 6.45) is 1.44. The van der Waals surface area contributed by atoms with Crippen molar-refractivity contribution in [3.8, 4) is 0 Å². The molecule has 0 aromatic heterocycles. The van der Waals surface area contributed by atoms with E-state index >= 15 is 0 Å². The van der Waals surface area contributed by atoms with Gasteiger partial charge in [-0.1, -0.05) is 42.5 Å². The number of hydrogen-bond donors (Lipinski definition) is 0. The minimum Gasteiger partial charge on any atom is -0.466 e. The highest BCUT2D eigenvalue weighted by Crippen LogP contribution is 2.32. The van der Waals surface area contributed by atoms with E-state index in [2.05, 4.69) is 30.3 Å². The topological polar surface area (TPSA) is 26.3 Å². The quantitative estimate of drug-likeness (QED) is 0.698. The maximum Gasteiger partial charge on any atom is 0.306 e. The predicted octanol–water partition coefficient (Wildman–Crippen LogP) is 3.26. The Labute approximate surface area is 100 Å². The van der Waals surface area contributed by atoms with Crippen LogP contribution in [-0.2, 0) is 9.53 Å². The summed E-state index contributed by atoms with van der Waals surface area (Å²) in [6.45, 7) is 0.548. The molecule has 0 aliphatic carbocycles. The van der Waals surface area contributed by atoms with Gasteiger partial charge in [0, 0.05) is 0 Å². The van der Waals surface area contributed by atoms with Crippen molar-refractivity contribution in [3.05, 3.63) is 48.0 Å². The van der Waals surface area contributed by atoms with Crippen molar-refractivity contribution in [2.75, 3.05) is 6.61 Å². The van der Waals surface area contributed by atoms with Crippen LogP contribution in [0.4, 0.5) is 0 Å². The smallest absolute Gasteiger partial charge is 0.306 e. The maximum absolute atomic E-state index is 11.4. The van der Waals surface area contributed by atoms with Crippen LogP contribution < -0.4 is 0 Å². The van der Waals surface area contributed by atoms with E-state index in [-0.39, 0.29) is 5.97 Å².